The van der Waals surface area contributed by atoms with Crippen LogP contribution in [-0.2, 0) is 12.1 Å². The minimum absolute atomic E-state index is 0.193. The van der Waals surface area contributed by atoms with Crippen molar-refractivity contribution in [3.63, 3.8) is 0 Å². The first kappa shape index (κ1) is 20.3. The van der Waals surface area contributed by atoms with Gasteiger partial charge in [0.1, 0.15) is 23.8 Å². The van der Waals surface area contributed by atoms with Gasteiger partial charge < -0.3 is 9.59 Å². The Morgan fingerprint density at radius 2 is 1.16 bits per heavy atom. The van der Waals surface area contributed by atoms with E-state index in [0.717, 1.165) is 50.0 Å². The fourth-order valence-electron chi connectivity index (χ4n) is 6.00. The Morgan fingerprint density at radius 1 is 0.710 bits per heavy atom. The fourth-order valence-corrected chi connectivity index (χ4v) is 6.00. The van der Waals surface area contributed by atoms with E-state index in [1.807, 2.05) is 60.7 Å². The van der Waals surface area contributed by atoms with Crippen molar-refractivity contribution in [2.75, 3.05) is 19.6 Å². The lowest BCUT2D eigenvalue weighted by Gasteiger charge is -2.60. The molecule has 0 saturated carbocycles. The van der Waals surface area contributed by atoms with Crippen LogP contribution in [0.25, 0.3) is 0 Å². The maximum absolute atomic E-state index is 14.3. The summed E-state index contributed by atoms with van der Waals surface area (Å²) in [5, 5.41) is 12.4. The van der Waals surface area contributed by atoms with Gasteiger partial charge in [-0.3, -0.25) is 0 Å². The van der Waals surface area contributed by atoms with E-state index in [4.69, 9.17) is 0 Å². The van der Waals surface area contributed by atoms with E-state index in [0.29, 0.717) is 11.0 Å². The molecule has 0 radical (unpaired) electrons. The molecule has 4 heteroatoms. The monoisotopic (exact) mass is 420 g/mol. The van der Waals surface area contributed by atoms with Crippen LogP contribution in [0.4, 0.5) is 8.78 Å². The summed E-state index contributed by atoms with van der Waals surface area (Å²) in [5.74, 6) is -0.917. The second-order valence-electron chi connectivity index (χ2n) is 9.34. The predicted octanol–water partition coefficient (Wildman–Crippen LogP) is 5.40. The highest BCUT2D eigenvalue weighted by Crippen LogP contribution is 2.57. The Balaban J connectivity index is 1.50. The van der Waals surface area contributed by atoms with Crippen molar-refractivity contribution in [2.24, 2.45) is 5.41 Å². The Morgan fingerprint density at radius 3 is 1.61 bits per heavy atom. The molecule has 3 saturated heterocycles. The Labute approximate surface area is 182 Å². The summed E-state index contributed by atoms with van der Waals surface area (Å²) in [4.78, 5) is 0. The first-order valence-electron chi connectivity index (χ1n) is 11.1. The van der Waals surface area contributed by atoms with Crippen molar-refractivity contribution in [3.05, 3.63) is 107 Å². The summed E-state index contributed by atoms with van der Waals surface area (Å²) in [6.07, 6.45) is 2.47. The van der Waals surface area contributed by atoms with Gasteiger partial charge in [-0.2, -0.15) is 0 Å². The first-order valence-corrected chi connectivity index (χ1v) is 11.1. The Bertz CT molecular complexity index is 983. The number of halogens is 2. The van der Waals surface area contributed by atoms with Gasteiger partial charge in [0, 0.05) is 24.7 Å². The molecule has 0 aromatic heterocycles. The molecule has 6 rings (SSSR count). The quantitative estimate of drug-likeness (QED) is 0.548. The van der Waals surface area contributed by atoms with Gasteiger partial charge in [-0.1, -0.05) is 66.7 Å². The van der Waals surface area contributed by atoms with Crippen LogP contribution in [0, 0.1) is 17.0 Å². The van der Waals surface area contributed by atoms with E-state index < -0.39 is 17.2 Å². The highest BCUT2D eigenvalue weighted by molar-refractivity contribution is 5.39. The van der Waals surface area contributed by atoms with E-state index in [1.54, 1.807) is 0 Å². The molecule has 0 aliphatic carbocycles. The molecule has 3 aliphatic rings. The molecule has 2 nitrogen and oxygen atoms in total. The van der Waals surface area contributed by atoms with Gasteiger partial charge in [0.25, 0.3) is 0 Å². The largest absolute Gasteiger partial charge is 0.380 e. The van der Waals surface area contributed by atoms with Gasteiger partial charge in [-0.15, -0.1) is 0 Å². The molecule has 3 aromatic carbocycles. The molecule has 31 heavy (non-hydrogen) atoms. The lowest BCUT2D eigenvalue weighted by Crippen LogP contribution is -2.66. The molecule has 1 N–H and O–H groups in total. The third-order valence-corrected chi connectivity index (χ3v) is 7.90. The molecule has 0 atom stereocenters. The fraction of sp³-hybridized carbons (Fsp3) is 0.333. The minimum atomic E-state index is -1.09. The molecular formula is C27H28F2NO+. The third-order valence-electron chi connectivity index (χ3n) is 7.90. The summed E-state index contributed by atoms with van der Waals surface area (Å²) in [5.41, 5.74) is 0.656. The second-order valence-corrected chi connectivity index (χ2v) is 9.34. The average molecular weight is 421 g/mol. The lowest BCUT2D eigenvalue weighted by atomic mass is 9.56. The molecular weight excluding hydrogens is 392 g/mol. The highest BCUT2D eigenvalue weighted by atomic mass is 19.1. The van der Waals surface area contributed by atoms with Gasteiger partial charge in [-0.05, 0) is 23.3 Å². The average Bonchev–Trinajstić information content (AvgIpc) is 2.83. The van der Waals surface area contributed by atoms with Crippen molar-refractivity contribution < 1.29 is 18.4 Å². The normalized spacial score (nSPS) is 25.5. The molecule has 3 aromatic rings. The number of hydrogen-bond donors (Lipinski definition) is 1. The van der Waals surface area contributed by atoms with Crippen LogP contribution < -0.4 is 0 Å². The van der Waals surface area contributed by atoms with Crippen molar-refractivity contribution in [1.82, 2.24) is 0 Å². The van der Waals surface area contributed by atoms with Gasteiger partial charge in [0.2, 0.25) is 0 Å². The maximum atomic E-state index is 14.3. The molecule has 0 unspecified atom stereocenters. The number of rotatable bonds is 5. The number of fused-ring (bicyclic) bond motifs is 3. The van der Waals surface area contributed by atoms with Crippen molar-refractivity contribution in [2.45, 2.75) is 31.4 Å². The zero-order chi connectivity index (χ0) is 21.5. The van der Waals surface area contributed by atoms with E-state index in [1.165, 1.54) is 18.2 Å². The van der Waals surface area contributed by atoms with Crippen LogP contribution in [0.2, 0.25) is 0 Å². The van der Waals surface area contributed by atoms with Crippen molar-refractivity contribution in [1.29, 1.82) is 0 Å². The SMILES string of the molecule is OC(c1ccccc1)(c1ccccc1)C12CC[N+](Cc3c(F)cccc3F)(CC1)CC2. The third kappa shape index (κ3) is 3.20. The van der Waals surface area contributed by atoms with Gasteiger partial charge in [0.05, 0.1) is 25.2 Å². The van der Waals surface area contributed by atoms with Gasteiger partial charge >= 0.3 is 0 Å². The molecule has 3 heterocycles. The van der Waals surface area contributed by atoms with Crippen LogP contribution in [-0.4, -0.2) is 29.2 Å². The lowest BCUT2D eigenvalue weighted by molar-refractivity contribution is -0.958. The standard InChI is InChI=1S/C27H28F2NO/c28-24-12-7-13-25(29)23(24)20-30-17-14-26(15-18-30,16-19-30)27(31,21-8-3-1-4-9-21)22-10-5-2-6-11-22/h1-13,31H,14-20H2/q+1. The summed E-state index contributed by atoms with van der Waals surface area (Å²) >= 11 is 0. The van der Waals surface area contributed by atoms with Crippen LogP contribution in [0.15, 0.2) is 78.9 Å². The molecule has 3 fully saturated rings. The van der Waals surface area contributed by atoms with Crippen molar-refractivity contribution in [3.8, 4) is 0 Å². The molecule has 160 valence electrons. The Kier molecular flexibility index (Phi) is 4.95. The predicted molar refractivity (Wildman–Crippen MR) is 117 cm³/mol. The number of nitrogens with zero attached hydrogens (tertiary/aromatic N) is 1. The van der Waals surface area contributed by atoms with Crippen LogP contribution in [0.5, 0.6) is 0 Å². The summed E-state index contributed by atoms with van der Waals surface area (Å²) < 4.78 is 29.4. The van der Waals surface area contributed by atoms with Crippen LogP contribution in [0.1, 0.15) is 36.0 Å². The topological polar surface area (TPSA) is 20.2 Å². The maximum Gasteiger partial charge on any atom is 0.135 e. The zero-order valence-electron chi connectivity index (χ0n) is 17.6. The van der Waals surface area contributed by atoms with Gasteiger partial charge in [0.15, 0.2) is 0 Å². The first-order chi connectivity index (χ1) is 15.0. The van der Waals surface area contributed by atoms with Crippen molar-refractivity contribution >= 4 is 0 Å². The Hall–Kier alpha value is -2.56. The number of quaternary nitrogens is 1. The van der Waals surface area contributed by atoms with Crippen LogP contribution >= 0.6 is 0 Å². The number of aliphatic hydroxyl groups is 1. The summed E-state index contributed by atoms with van der Waals surface area (Å²) in [6.45, 7) is 2.82. The summed E-state index contributed by atoms with van der Waals surface area (Å²) in [7, 11) is 0. The van der Waals surface area contributed by atoms with E-state index in [-0.39, 0.29) is 11.0 Å². The smallest absolute Gasteiger partial charge is 0.135 e. The number of piperidine rings is 3. The number of benzene rings is 3. The van der Waals surface area contributed by atoms with E-state index in [9.17, 15) is 13.9 Å². The molecule has 0 spiro atoms. The highest BCUT2D eigenvalue weighted by Gasteiger charge is 2.60. The van der Waals surface area contributed by atoms with Gasteiger partial charge in [-0.25, -0.2) is 8.78 Å². The van der Waals surface area contributed by atoms with Crippen LogP contribution in [0.3, 0.4) is 0 Å². The minimum Gasteiger partial charge on any atom is -0.380 e. The van der Waals surface area contributed by atoms with E-state index in [2.05, 4.69) is 0 Å². The van der Waals surface area contributed by atoms with E-state index >= 15 is 0 Å². The number of hydrogen-bond acceptors (Lipinski definition) is 1. The summed E-state index contributed by atoms with van der Waals surface area (Å²) in [6, 6.07) is 24.0. The second kappa shape index (κ2) is 7.54. The molecule has 2 bridgehead atoms. The molecule has 0 amide bonds. The molecule has 3 aliphatic heterocycles. The zero-order valence-corrected chi connectivity index (χ0v) is 17.6.